The minimum atomic E-state index is -3.54. The summed E-state index contributed by atoms with van der Waals surface area (Å²) in [7, 11) is -3.54. The standard InChI is InChI=1S/C11H17BrN2O2S/c1-8-7-9(12)5-6-10(8)13-17(15,16)14-11(2,3)4/h5-7,13-14H,1-4H3. The largest absolute Gasteiger partial charge is 0.299 e. The van der Waals surface area contributed by atoms with Crippen LogP contribution in [0.25, 0.3) is 0 Å². The predicted octanol–water partition coefficient (Wildman–Crippen LogP) is 2.80. The highest BCUT2D eigenvalue weighted by atomic mass is 79.9. The molecule has 0 heterocycles. The molecule has 6 heteroatoms. The zero-order chi connectivity index (χ0) is 13.3. The summed E-state index contributed by atoms with van der Waals surface area (Å²) in [6, 6.07) is 5.37. The second-order valence-electron chi connectivity index (χ2n) is 4.92. The van der Waals surface area contributed by atoms with Crippen molar-refractivity contribution >= 4 is 31.8 Å². The first-order valence-electron chi connectivity index (χ1n) is 5.17. The Morgan fingerprint density at radius 3 is 2.29 bits per heavy atom. The highest BCUT2D eigenvalue weighted by molar-refractivity contribution is 9.10. The van der Waals surface area contributed by atoms with Crippen LogP contribution in [0.2, 0.25) is 0 Å². The SMILES string of the molecule is Cc1cc(Br)ccc1NS(=O)(=O)NC(C)(C)C. The molecular weight excluding hydrogens is 304 g/mol. The Hall–Kier alpha value is -0.590. The van der Waals surface area contributed by atoms with Gasteiger partial charge in [0.15, 0.2) is 0 Å². The maximum Gasteiger partial charge on any atom is 0.299 e. The molecule has 96 valence electrons. The van der Waals surface area contributed by atoms with Gasteiger partial charge < -0.3 is 0 Å². The van der Waals surface area contributed by atoms with Gasteiger partial charge in [-0.15, -0.1) is 0 Å². The molecule has 0 aliphatic carbocycles. The summed E-state index contributed by atoms with van der Waals surface area (Å²) < 4.78 is 29.6. The third-order valence-corrected chi connectivity index (χ3v) is 3.74. The molecule has 0 bridgehead atoms. The summed E-state index contributed by atoms with van der Waals surface area (Å²) >= 11 is 3.33. The Bertz CT molecular complexity index is 507. The summed E-state index contributed by atoms with van der Waals surface area (Å²) in [5.41, 5.74) is 0.929. The van der Waals surface area contributed by atoms with Crippen molar-refractivity contribution in [1.29, 1.82) is 0 Å². The lowest BCUT2D eigenvalue weighted by Gasteiger charge is -2.21. The second kappa shape index (κ2) is 4.96. The molecular formula is C11H17BrN2O2S. The summed E-state index contributed by atoms with van der Waals surface area (Å²) in [5.74, 6) is 0. The molecule has 0 aliphatic rings. The first-order chi connectivity index (χ1) is 7.59. The molecule has 0 saturated heterocycles. The normalized spacial score (nSPS) is 12.5. The average molecular weight is 321 g/mol. The van der Waals surface area contributed by atoms with Crippen LogP contribution in [0.3, 0.4) is 0 Å². The van der Waals surface area contributed by atoms with Gasteiger partial charge in [0, 0.05) is 10.0 Å². The van der Waals surface area contributed by atoms with Crippen molar-refractivity contribution in [2.24, 2.45) is 0 Å². The Kier molecular flexibility index (Phi) is 4.22. The number of rotatable bonds is 3. The molecule has 0 aromatic heterocycles. The molecule has 4 nitrogen and oxygen atoms in total. The number of aryl methyl sites for hydroxylation is 1. The molecule has 0 amide bonds. The number of anilines is 1. The van der Waals surface area contributed by atoms with Crippen LogP contribution < -0.4 is 9.44 Å². The van der Waals surface area contributed by atoms with Gasteiger partial charge in [-0.1, -0.05) is 15.9 Å². The first-order valence-corrected chi connectivity index (χ1v) is 7.44. The minimum absolute atomic E-state index is 0.505. The fourth-order valence-electron chi connectivity index (χ4n) is 1.31. The van der Waals surface area contributed by atoms with Gasteiger partial charge >= 0.3 is 0 Å². The summed E-state index contributed by atoms with van der Waals surface area (Å²) in [4.78, 5) is 0. The van der Waals surface area contributed by atoms with E-state index in [9.17, 15) is 8.42 Å². The van der Waals surface area contributed by atoms with Gasteiger partial charge in [0.25, 0.3) is 10.2 Å². The van der Waals surface area contributed by atoms with Gasteiger partial charge in [-0.05, 0) is 51.5 Å². The van der Waals surface area contributed by atoms with Crippen LogP contribution in [-0.4, -0.2) is 14.0 Å². The molecule has 1 rings (SSSR count). The lowest BCUT2D eigenvalue weighted by molar-refractivity contribution is 0.494. The lowest BCUT2D eigenvalue weighted by atomic mass is 10.1. The van der Waals surface area contributed by atoms with E-state index in [4.69, 9.17) is 0 Å². The maximum absolute atomic E-state index is 11.8. The maximum atomic E-state index is 11.8. The van der Waals surface area contributed by atoms with E-state index in [2.05, 4.69) is 25.4 Å². The first kappa shape index (κ1) is 14.5. The Morgan fingerprint density at radius 1 is 1.24 bits per heavy atom. The fourth-order valence-corrected chi connectivity index (χ4v) is 3.17. The lowest BCUT2D eigenvalue weighted by Crippen LogP contribution is -2.43. The van der Waals surface area contributed by atoms with Gasteiger partial charge in [-0.2, -0.15) is 13.1 Å². The van der Waals surface area contributed by atoms with Crippen molar-refractivity contribution in [3.63, 3.8) is 0 Å². The van der Waals surface area contributed by atoms with Gasteiger partial charge in [-0.3, -0.25) is 4.72 Å². The molecule has 0 spiro atoms. The van der Waals surface area contributed by atoms with E-state index < -0.39 is 15.7 Å². The molecule has 0 atom stereocenters. The molecule has 0 radical (unpaired) electrons. The number of halogens is 1. The van der Waals surface area contributed by atoms with Crippen LogP contribution in [0, 0.1) is 6.92 Å². The van der Waals surface area contributed by atoms with Gasteiger partial charge in [-0.25, -0.2) is 0 Å². The van der Waals surface area contributed by atoms with Crippen LogP contribution in [0.1, 0.15) is 26.3 Å². The topological polar surface area (TPSA) is 58.2 Å². The fraction of sp³-hybridized carbons (Fsp3) is 0.455. The van der Waals surface area contributed by atoms with Gasteiger partial charge in [0.2, 0.25) is 0 Å². The van der Waals surface area contributed by atoms with Crippen molar-refractivity contribution in [3.8, 4) is 0 Å². The Labute approximate surface area is 111 Å². The number of benzene rings is 1. The Balaban J connectivity index is 2.91. The van der Waals surface area contributed by atoms with E-state index in [-0.39, 0.29) is 0 Å². The number of nitrogens with one attached hydrogen (secondary N) is 2. The summed E-state index contributed by atoms with van der Waals surface area (Å²) in [6.45, 7) is 7.22. The molecule has 1 aromatic carbocycles. The monoisotopic (exact) mass is 320 g/mol. The van der Waals surface area contributed by atoms with Crippen LogP contribution in [0.4, 0.5) is 5.69 Å². The van der Waals surface area contributed by atoms with Crippen LogP contribution in [-0.2, 0) is 10.2 Å². The molecule has 17 heavy (non-hydrogen) atoms. The van der Waals surface area contributed by atoms with Crippen molar-refractivity contribution in [1.82, 2.24) is 4.72 Å². The van der Waals surface area contributed by atoms with Crippen LogP contribution in [0.5, 0.6) is 0 Å². The van der Waals surface area contributed by atoms with Crippen molar-refractivity contribution in [2.75, 3.05) is 4.72 Å². The molecule has 0 aliphatic heterocycles. The van der Waals surface area contributed by atoms with E-state index in [1.807, 2.05) is 13.0 Å². The highest BCUT2D eigenvalue weighted by Crippen LogP contribution is 2.21. The predicted molar refractivity (Wildman–Crippen MR) is 74.3 cm³/mol. The third kappa shape index (κ3) is 5.06. The summed E-state index contributed by atoms with van der Waals surface area (Å²) in [6.07, 6.45) is 0. The molecule has 0 fully saturated rings. The second-order valence-corrected chi connectivity index (χ2v) is 7.25. The van der Waals surface area contributed by atoms with E-state index in [0.717, 1.165) is 10.0 Å². The smallest absolute Gasteiger partial charge is 0.271 e. The van der Waals surface area contributed by atoms with Gasteiger partial charge in [0.1, 0.15) is 0 Å². The molecule has 2 N–H and O–H groups in total. The summed E-state index contributed by atoms with van der Waals surface area (Å²) in [5, 5.41) is 0. The van der Waals surface area contributed by atoms with Gasteiger partial charge in [0.05, 0.1) is 5.69 Å². The quantitative estimate of drug-likeness (QED) is 0.899. The molecule has 1 aromatic rings. The van der Waals surface area contributed by atoms with Crippen molar-refractivity contribution < 1.29 is 8.42 Å². The van der Waals surface area contributed by atoms with Crippen LogP contribution in [0.15, 0.2) is 22.7 Å². The van der Waals surface area contributed by atoms with E-state index >= 15 is 0 Å². The van der Waals surface area contributed by atoms with E-state index in [0.29, 0.717) is 5.69 Å². The van der Waals surface area contributed by atoms with E-state index in [1.165, 1.54) is 0 Å². The zero-order valence-electron chi connectivity index (χ0n) is 10.3. The molecule has 0 saturated carbocycles. The number of hydrogen-bond donors (Lipinski definition) is 2. The zero-order valence-corrected chi connectivity index (χ0v) is 12.7. The van der Waals surface area contributed by atoms with Crippen LogP contribution >= 0.6 is 15.9 Å². The van der Waals surface area contributed by atoms with Crippen molar-refractivity contribution in [2.45, 2.75) is 33.2 Å². The minimum Gasteiger partial charge on any atom is -0.271 e. The average Bonchev–Trinajstić information content (AvgIpc) is 2.05. The van der Waals surface area contributed by atoms with E-state index in [1.54, 1.807) is 32.9 Å². The molecule has 0 unspecified atom stereocenters. The van der Waals surface area contributed by atoms with Crippen molar-refractivity contribution in [3.05, 3.63) is 28.2 Å². The Morgan fingerprint density at radius 2 is 1.82 bits per heavy atom. The third-order valence-electron chi connectivity index (χ3n) is 1.87. The highest BCUT2D eigenvalue weighted by Gasteiger charge is 2.20. The number of hydrogen-bond acceptors (Lipinski definition) is 2.